The minimum Gasteiger partial charge on any atom is -0.382 e. The molecule has 6 rings (SSSR count). The van der Waals surface area contributed by atoms with Crippen LogP contribution in [-0.2, 0) is 17.1 Å². The molecular formula is C22H23N7O2S. The number of rotatable bonds is 5. The third kappa shape index (κ3) is 3.25. The third-order valence-corrected chi connectivity index (χ3v) is 7.93. The smallest absolute Gasteiger partial charge is 0.241 e. The Kier molecular flexibility index (Phi) is 3.70. The van der Waals surface area contributed by atoms with E-state index in [1.807, 2.05) is 0 Å². The standard InChI is InChI=1S/C22H23N7O2S/c1-14-3-4-15(32(30,31)28-22-7-6-21(11-22,12-22)13-23)9-16(14)18-10-25-20(24)19(26-18)17-5-8-29(2)27-17/h3-5,8-10,28H,6-7,11-12H2,1-2H3,(H2,24,25)/i1D3. The molecule has 3 aromatic rings. The summed E-state index contributed by atoms with van der Waals surface area (Å²) in [4.78, 5) is 8.58. The molecule has 2 aromatic heterocycles. The molecule has 3 aliphatic rings. The van der Waals surface area contributed by atoms with Gasteiger partial charge >= 0.3 is 0 Å². The van der Waals surface area contributed by atoms with E-state index in [4.69, 9.17) is 9.85 Å². The van der Waals surface area contributed by atoms with Crippen LogP contribution in [0.2, 0.25) is 0 Å². The lowest BCUT2D eigenvalue weighted by Gasteiger charge is -2.43. The lowest BCUT2D eigenvalue weighted by molar-refractivity contribution is 0.161. The largest absolute Gasteiger partial charge is 0.382 e. The molecule has 0 saturated heterocycles. The summed E-state index contributed by atoms with van der Waals surface area (Å²) in [5.41, 5.74) is 5.85. The molecule has 0 radical (unpaired) electrons. The molecule has 3 fully saturated rings. The van der Waals surface area contributed by atoms with Crippen molar-refractivity contribution in [3.8, 4) is 28.7 Å². The fourth-order valence-corrected chi connectivity index (χ4v) is 6.29. The first-order chi connectivity index (χ1) is 16.4. The number of nitrogens with two attached hydrogens (primary N) is 1. The molecule has 1 aromatic carbocycles. The minimum absolute atomic E-state index is 0.0614. The van der Waals surface area contributed by atoms with Crippen LogP contribution >= 0.6 is 0 Å². The second kappa shape index (κ2) is 6.85. The van der Waals surface area contributed by atoms with E-state index in [1.165, 1.54) is 24.4 Å². The Morgan fingerprint density at radius 1 is 1.28 bits per heavy atom. The number of aromatic nitrogens is 4. The van der Waals surface area contributed by atoms with Gasteiger partial charge in [-0.15, -0.1) is 0 Å². The first-order valence-electron chi connectivity index (χ1n) is 11.6. The number of fused-ring (bicyclic) bond motifs is 1. The average molecular weight is 453 g/mol. The molecule has 0 atom stereocenters. The third-order valence-electron chi connectivity index (χ3n) is 6.36. The summed E-state index contributed by atoms with van der Waals surface area (Å²) in [5, 5.41) is 13.7. The maximum absolute atomic E-state index is 13.3. The fourth-order valence-electron chi connectivity index (χ4n) is 4.84. The van der Waals surface area contributed by atoms with Gasteiger partial charge < -0.3 is 5.73 Å². The van der Waals surface area contributed by atoms with Gasteiger partial charge in [-0.05, 0) is 56.3 Å². The van der Waals surface area contributed by atoms with Gasteiger partial charge in [-0.25, -0.2) is 23.1 Å². The van der Waals surface area contributed by atoms with Crippen LogP contribution in [0.3, 0.4) is 0 Å². The van der Waals surface area contributed by atoms with E-state index < -0.39 is 27.8 Å². The van der Waals surface area contributed by atoms with Crippen molar-refractivity contribution in [2.24, 2.45) is 12.5 Å². The van der Waals surface area contributed by atoms with Gasteiger partial charge in [0.1, 0.15) is 11.4 Å². The molecule has 0 aliphatic heterocycles. The molecular weight excluding hydrogens is 426 g/mol. The van der Waals surface area contributed by atoms with Crippen molar-refractivity contribution in [2.75, 3.05) is 5.73 Å². The van der Waals surface area contributed by atoms with Crippen LogP contribution in [0.4, 0.5) is 5.82 Å². The number of hydrogen-bond donors (Lipinski definition) is 2. The number of hydrogen-bond acceptors (Lipinski definition) is 7. The van der Waals surface area contributed by atoms with Gasteiger partial charge in [-0.2, -0.15) is 10.4 Å². The van der Waals surface area contributed by atoms with Crippen molar-refractivity contribution >= 4 is 15.8 Å². The zero-order valence-electron chi connectivity index (χ0n) is 20.3. The average Bonchev–Trinajstić information content (AvgIpc) is 3.46. The lowest BCUT2D eigenvalue weighted by Crippen LogP contribution is -2.55. The highest BCUT2D eigenvalue weighted by Gasteiger charge is 2.62. The Hall–Kier alpha value is -3.29. The molecule has 2 heterocycles. The second-order valence-electron chi connectivity index (χ2n) is 8.70. The van der Waals surface area contributed by atoms with Crippen LogP contribution in [0.1, 0.15) is 35.4 Å². The molecule has 9 nitrogen and oxygen atoms in total. The van der Waals surface area contributed by atoms with Gasteiger partial charge in [0.2, 0.25) is 10.0 Å². The summed E-state index contributed by atoms with van der Waals surface area (Å²) in [5.74, 6) is 0.111. The van der Waals surface area contributed by atoms with Gasteiger partial charge in [0.15, 0.2) is 5.82 Å². The van der Waals surface area contributed by atoms with Crippen LogP contribution < -0.4 is 10.5 Å². The molecule has 0 spiro atoms. The zero-order chi connectivity index (χ0) is 25.2. The Balaban J connectivity index is 1.57. The van der Waals surface area contributed by atoms with Crippen LogP contribution in [-0.4, -0.2) is 33.7 Å². The van der Waals surface area contributed by atoms with Crippen molar-refractivity contribution in [3.05, 3.63) is 42.2 Å². The highest BCUT2D eigenvalue weighted by molar-refractivity contribution is 7.89. The minimum atomic E-state index is -3.99. The predicted molar refractivity (Wildman–Crippen MR) is 118 cm³/mol. The highest BCUT2D eigenvalue weighted by atomic mass is 32.2. The summed E-state index contributed by atoms with van der Waals surface area (Å²) in [6, 6.07) is 7.86. The quantitative estimate of drug-likeness (QED) is 0.606. The lowest BCUT2D eigenvalue weighted by atomic mass is 9.66. The summed E-state index contributed by atoms with van der Waals surface area (Å²) in [6.45, 7) is -2.52. The van der Waals surface area contributed by atoms with E-state index in [0.717, 1.165) is 0 Å². The highest BCUT2D eigenvalue weighted by Crippen LogP contribution is 2.61. The van der Waals surface area contributed by atoms with Crippen molar-refractivity contribution < 1.29 is 12.5 Å². The van der Waals surface area contributed by atoms with Crippen LogP contribution in [0.25, 0.3) is 22.6 Å². The summed E-state index contributed by atoms with van der Waals surface area (Å²) >= 11 is 0. The van der Waals surface area contributed by atoms with E-state index in [0.29, 0.717) is 31.4 Å². The second-order valence-corrected chi connectivity index (χ2v) is 10.4. The van der Waals surface area contributed by atoms with Gasteiger partial charge in [0.25, 0.3) is 0 Å². The number of nitriles is 1. The van der Waals surface area contributed by atoms with Gasteiger partial charge in [0.05, 0.1) is 28.3 Å². The Bertz CT molecular complexity index is 1490. The molecule has 164 valence electrons. The van der Waals surface area contributed by atoms with E-state index >= 15 is 0 Å². The fraction of sp³-hybridized carbons (Fsp3) is 0.364. The van der Waals surface area contributed by atoms with Gasteiger partial charge in [-0.1, -0.05) is 6.07 Å². The number of benzene rings is 1. The Morgan fingerprint density at radius 3 is 2.75 bits per heavy atom. The van der Waals surface area contributed by atoms with Crippen molar-refractivity contribution in [3.63, 3.8) is 0 Å². The van der Waals surface area contributed by atoms with E-state index in [-0.39, 0.29) is 33.2 Å². The van der Waals surface area contributed by atoms with E-state index in [1.54, 1.807) is 24.0 Å². The molecule has 10 heteroatoms. The maximum Gasteiger partial charge on any atom is 0.241 e. The Labute approximate surface area is 190 Å². The van der Waals surface area contributed by atoms with Gasteiger partial charge in [0, 0.05) is 28.5 Å². The molecule has 0 unspecified atom stereocenters. The zero-order valence-corrected chi connectivity index (χ0v) is 18.1. The molecule has 3 saturated carbocycles. The number of nitrogens with one attached hydrogen (secondary N) is 1. The monoisotopic (exact) mass is 452 g/mol. The predicted octanol–water partition coefficient (Wildman–Crippen LogP) is 2.55. The van der Waals surface area contributed by atoms with Crippen LogP contribution in [0.5, 0.6) is 0 Å². The van der Waals surface area contributed by atoms with Crippen molar-refractivity contribution in [1.82, 2.24) is 24.5 Å². The summed E-state index contributed by atoms with van der Waals surface area (Å²) in [6.07, 6.45) is 5.24. The number of nitrogen functional groups attached to an aromatic ring is 1. The molecule has 3 aliphatic carbocycles. The number of nitrogens with zero attached hydrogens (tertiary/aromatic N) is 5. The molecule has 3 N–H and O–H groups in total. The molecule has 2 bridgehead atoms. The first kappa shape index (κ1) is 17.3. The van der Waals surface area contributed by atoms with Gasteiger partial charge in [-0.3, -0.25) is 4.68 Å². The van der Waals surface area contributed by atoms with E-state index in [2.05, 4.69) is 25.9 Å². The Morgan fingerprint density at radius 2 is 2.09 bits per heavy atom. The number of sulfonamides is 1. The SMILES string of the molecule is [2H]C([2H])([2H])c1ccc(S(=O)(=O)NC23CCC(C#N)(C2)C3)cc1-c1cnc(N)c(-c2ccn(C)n2)n1. The van der Waals surface area contributed by atoms with E-state index in [9.17, 15) is 13.7 Å². The maximum atomic E-state index is 13.3. The molecule has 0 amide bonds. The topological polar surface area (TPSA) is 140 Å². The van der Waals surface area contributed by atoms with Crippen molar-refractivity contribution in [2.45, 2.75) is 43.0 Å². The summed E-state index contributed by atoms with van der Waals surface area (Å²) < 4.78 is 54.8. The first-order valence-corrected chi connectivity index (χ1v) is 11.6. The van der Waals surface area contributed by atoms with Crippen LogP contribution in [0, 0.1) is 23.6 Å². The number of anilines is 1. The molecule has 32 heavy (non-hydrogen) atoms. The number of aryl methyl sites for hydroxylation is 2. The van der Waals surface area contributed by atoms with Crippen LogP contribution in [0.15, 0.2) is 41.6 Å². The van der Waals surface area contributed by atoms with Crippen molar-refractivity contribution in [1.29, 1.82) is 5.26 Å². The normalized spacial score (nSPS) is 25.9. The summed E-state index contributed by atoms with van der Waals surface area (Å²) in [7, 11) is -2.26.